The zero-order valence-electron chi connectivity index (χ0n) is 16.1. The van der Waals surface area contributed by atoms with Gasteiger partial charge in [0.25, 0.3) is 17.4 Å². The second-order valence-corrected chi connectivity index (χ2v) is 7.85. The number of nitrogens with one attached hydrogen (secondary N) is 1. The molecule has 0 radical (unpaired) electrons. The van der Waals surface area contributed by atoms with Crippen LogP contribution in [0.25, 0.3) is 10.8 Å². The SMILES string of the molecule is CCn1nc(C(=O)N2CCC(NC(=O)c3ccsc3)CC2)c2ccccc2c1=O. The summed E-state index contributed by atoms with van der Waals surface area (Å²) >= 11 is 1.49. The lowest BCUT2D eigenvalue weighted by Gasteiger charge is -2.32. The number of thiophene rings is 1. The van der Waals surface area contributed by atoms with Crippen LogP contribution in [0.5, 0.6) is 0 Å². The van der Waals surface area contributed by atoms with E-state index in [-0.39, 0.29) is 23.4 Å². The van der Waals surface area contributed by atoms with Gasteiger partial charge in [-0.05, 0) is 37.3 Å². The Morgan fingerprint density at radius 1 is 1.17 bits per heavy atom. The molecule has 1 fully saturated rings. The van der Waals surface area contributed by atoms with Crippen LogP contribution in [-0.4, -0.2) is 45.6 Å². The Morgan fingerprint density at radius 3 is 2.55 bits per heavy atom. The van der Waals surface area contributed by atoms with Crippen LogP contribution < -0.4 is 10.9 Å². The van der Waals surface area contributed by atoms with Gasteiger partial charge in [-0.15, -0.1) is 0 Å². The van der Waals surface area contributed by atoms with Crippen LogP contribution >= 0.6 is 11.3 Å². The molecule has 1 aliphatic heterocycles. The first kappa shape index (κ1) is 19.3. The van der Waals surface area contributed by atoms with Crippen molar-refractivity contribution in [3.63, 3.8) is 0 Å². The molecule has 0 bridgehead atoms. The average Bonchev–Trinajstić information content (AvgIpc) is 3.29. The van der Waals surface area contributed by atoms with Gasteiger partial charge in [0, 0.05) is 42.0 Å². The van der Waals surface area contributed by atoms with Gasteiger partial charge in [0.15, 0.2) is 5.69 Å². The maximum atomic E-state index is 13.2. The minimum atomic E-state index is -0.186. The third-order valence-electron chi connectivity index (χ3n) is 5.27. The summed E-state index contributed by atoms with van der Waals surface area (Å²) in [6, 6.07) is 8.94. The van der Waals surface area contributed by atoms with E-state index in [1.54, 1.807) is 29.2 Å². The van der Waals surface area contributed by atoms with Crippen molar-refractivity contribution in [3.8, 4) is 0 Å². The average molecular weight is 410 g/mol. The zero-order chi connectivity index (χ0) is 20.4. The van der Waals surface area contributed by atoms with E-state index in [0.29, 0.717) is 54.5 Å². The van der Waals surface area contributed by atoms with Crippen molar-refractivity contribution in [3.05, 3.63) is 62.7 Å². The Labute approximate surface area is 172 Å². The number of piperidine rings is 1. The number of nitrogens with zero attached hydrogens (tertiary/aromatic N) is 3. The number of likely N-dealkylation sites (tertiary alicyclic amines) is 1. The zero-order valence-corrected chi connectivity index (χ0v) is 16.9. The summed E-state index contributed by atoms with van der Waals surface area (Å²) in [5.41, 5.74) is 0.795. The van der Waals surface area contributed by atoms with Gasteiger partial charge in [-0.25, -0.2) is 4.68 Å². The molecule has 0 spiro atoms. The molecular formula is C21H22N4O3S. The number of carbonyl (C=O) groups is 2. The fourth-order valence-corrected chi connectivity index (χ4v) is 4.28. The maximum absolute atomic E-state index is 13.2. The molecule has 7 nitrogen and oxygen atoms in total. The van der Waals surface area contributed by atoms with E-state index in [2.05, 4.69) is 10.4 Å². The highest BCUT2D eigenvalue weighted by Crippen LogP contribution is 2.19. The second kappa shape index (κ2) is 8.16. The third kappa shape index (κ3) is 3.80. The third-order valence-corrected chi connectivity index (χ3v) is 5.95. The topological polar surface area (TPSA) is 84.3 Å². The minimum Gasteiger partial charge on any atom is -0.349 e. The van der Waals surface area contributed by atoms with E-state index in [1.165, 1.54) is 16.0 Å². The highest BCUT2D eigenvalue weighted by molar-refractivity contribution is 7.08. The lowest BCUT2D eigenvalue weighted by Crippen LogP contribution is -2.47. The van der Waals surface area contributed by atoms with Crippen molar-refractivity contribution < 1.29 is 9.59 Å². The molecule has 3 heterocycles. The van der Waals surface area contributed by atoms with Crippen molar-refractivity contribution in [2.45, 2.75) is 32.4 Å². The molecule has 4 rings (SSSR count). The minimum absolute atomic E-state index is 0.0424. The molecule has 8 heteroatoms. The standard InChI is InChI=1S/C21H22N4O3S/c1-2-25-20(27)17-6-4-3-5-16(17)18(23-25)21(28)24-10-7-15(8-11-24)22-19(26)14-9-12-29-13-14/h3-6,9,12-13,15H,2,7-8,10-11H2,1H3,(H,22,26). The van der Waals surface area contributed by atoms with E-state index in [0.717, 1.165) is 0 Å². The number of rotatable bonds is 4. The number of amides is 2. The molecule has 1 N–H and O–H groups in total. The van der Waals surface area contributed by atoms with Gasteiger partial charge in [-0.3, -0.25) is 14.4 Å². The summed E-state index contributed by atoms with van der Waals surface area (Å²) in [4.78, 5) is 39.6. The Balaban J connectivity index is 1.50. The molecule has 3 aromatic rings. The Kier molecular flexibility index (Phi) is 5.44. The van der Waals surface area contributed by atoms with Crippen molar-refractivity contribution in [2.24, 2.45) is 0 Å². The predicted octanol–water partition coefficient (Wildman–Crippen LogP) is 2.51. The summed E-state index contributed by atoms with van der Waals surface area (Å²) in [5.74, 6) is -0.246. The first-order chi connectivity index (χ1) is 14.1. The first-order valence-electron chi connectivity index (χ1n) is 9.70. The summed E-state index contributed by atoms with van der Waals surface area (Å²) in [6.45, 7) is 3.31. The monoisotopic (exact) mass is 410 g/mol. The van der Waals surface area contributed by atoms with Gasteiger partial charge in [0.2, 0.25) is 0 Å². The van der Waals surface area contributed by atoms with Crippen LogP contribution in [0.15, 0.2) is 45.9 Å². The first-order valence-corrected chi connectivity index (χ1v) is 10.6. The quantitative estimate of drug-likeness (QED) is 0.716. The number of carbonyl (C=O) groups excluding carboxylic acids is 2. The Hall–Kier alpha value is -3.00. The fourth-order valence-electron chi connectivity index (χ4n) is 3.65. The number of hydrogen-bond donors (Lipinski definition) is 1. The molecule has 29 heavy (non-hydrogen) atoms. The molecule has 1 aliphatic rings. The largest absolute Gasteiger partial charge is 0.349 e. The number of fused-ring (bicyclic) bond motifs is 1. The molecule has 2 aromatic heterocycles. The van der Waals surface area contributed by atoms with E-state index in [1.807, 2.05) is 23.8 Å². The van der Waals surface area contributed by atoms with E-state index in [9.17, 15) is 14.4 Å². The number of aryl methyl sites for hydroxylation is 1. The Bertz CT molecular complexity index is 1100. The molecule has 150 valence electrons. The van der Waals surface area contributed by atoms with Gasteiger partial charge in [0.05, 0.1) is 5.39 Å². The summed E-state index contributed by atoms with van der Waals surface area (Å²) < 4.78 is 1.34. The molecule has 0 saturated carbocycles. The molecular weight excluding hydrogens is 388 g/mol. The molecule has 0 unspecified atom stereocenters. The van der Waals surface area contributed by atoms with Crippen molar-refractivity contribution in [1.82, 2.24) is 20.0 Å². The molecule has 1 saturated heterocycles. The van der Waals surface area contributed by atoms with Crippen LogP contribution in [0.1, 0.15) is 40.6 Å². The summed E-state index contributed by atoms with van der Waals surface area (Å²) in [6.07, 6.45) is 1.37. The molecule has 1 aromatic carbocycles. The smallest absolute Gasteiger partial charge is 0.274 e. The molecule has 0 atom stereocenters. The number of benzene rings is 1. The van der Waals surface area contributed by atoms with Crippen LogP contribution in [-0.2, 0) is 6.54 Å². The van der Waals surface area contributed by atoms with Gasteiger partial charge in [0.1, 0.15) is 0 Å². The number of hydrogen-bond acceptors (Lipinski definition) is 5. The number of aromatic nitrogens is 2. The fraction of sp³-hybridized carbons (Fsp3) is 0.333. The van der Waals surface area contributed by atoms with Gasteiger partial charge >= 0.3 is 0 Å². The van der Waals surface area contributed by atoms with Crippen LogP contribution in [0, 0.1) is 0 Å². The molecule has 2 amide bonds. The van der Waals surface area contributed by atoms with Crippen LogP contribution in [0.4, 0.5) is 0 Å². The highest BCUT2D eigenvalue weighted by Gasteiger charge is 2.27. The maximum Gasteiger partial charge on any atom is 0.274 e. The predicted molar refractivity (Wildman–Crippen MR) is 112 cm³/mol. The van der Waals surface area contributed by atoms with Crippen LogP contribution in [0.2, 0.25) is 0 Å². The van der Waals surface area contributed by atoms with Gasteiger partial charge in [-0.1, -0.05) is 18.2 Å². The summed E-state index contributed by atoms with van der Waals surface area (Å²) in [5, 5.41) is 12.2. The van der Waals surface area contributed by atoms with Crippen molar-refractivity contribution in [2.75, 3.05) is 13.1 Å². The second-order valence-electron chi connectivity index (χ2n) is 7.07. The lowest BCUT2D eigenvalue weighted by atomic mass is 10.0. The van der Waals surface area contributed by atoms with Crippen molar-refractivity contribution >= 4 is 33.9 Å². The highest BCUT2D eigenvalue weighted by atomic mass is 32.1. The van der Waals surface area contributed by atoms with E-state index >= 15 is 0 Å². The van der Waals surface area contributed by atoms with Gasteiger partial charge in [-0.2, -0.15) is 16.4 Å². The van der Waals surface area contributed by atoms with E-state index in [4.69, 9.17) is 0 Å². The summed E-state index contributed by atoms with van der Waals surface area (Å²) in [7, 11) is 0. The van der Waals surface area contributed by atoms with Crippen LogP contribution in [0.3, 0.4) is 0 Å². The van der Waals surface area contributed by atoms with Gasteiger partial charge < -0.3 is 10.2 Å². The van der Waals surface area contributed by atoms with Crippen molar-refractivity contribution in [1.29, 1.82) is 0 Å². The molecule has 0 aliphatic carbocycles. The van der Waals surface area contributed by atoms with E-state index < -0.39 is 0 Å². The normalized spacial score (nSPS) is 14.9. The lowest BCUT2D eigenvalue weighted by molar-refractivity contribution is 0.0692. The Morgan fingerprint density at radius 2 is 1.90 bits per heavy atom.